The lowest BCUT2D eigenvalue weighted by molar-refractivity contribution is -0.203. The first-order chi connectivity index (χ1) is 26.7. The SMILES string of the molecule is C=CC(=O)N1CCN(c2ccc(CCC(=O)N3CC4(C3)CN(C(=O)CC[C@@H](C)[C@H]3CC[C@H]5[C@@H]6[C@H](O)C(CC)C7C[C@H](O)CC[C@]7(C)[C@H]6CC[C@]35C)C4)o2)C(=O)C1. The fourth-order valence-electron chi connectivity index (χ4n) is 14.0. The lowest BCUT2D eigenvalue weighted by atomic mass is 9.41. The van der Waals surface area contributed by atoms with Gasteiger partial charge in [-0.1, -0.05) is 40.7 Å². The number of aliphatic hydroxyl groups excluding tert-OH is 2. The second kappa shape index (κ2) is 14.9. The molecule has 56 heavy (non-hydrogen) atoms. The van der Waals surface area contributed by atoms with E-state index >= 15 is 0 Å². The summed E-state index contributed by atoms with van der Waals surface area (Å²) in [4.78, 5) is 57.9. The fourth-order valence-corrected chi connectivity index (χ4v) is 14.0. The number of piperazine rings is 1. The summed E-state index contributed by atoms with van der Waals surface area (Å²) in [5.74, 6) is 4.06. The molecule has 0 bridgehead atoms. The molecule has 308 valence electrons. The van der Waals surface area contributed by atoms with Crippen molar-refractivity contribution in [3.63, 3.8) is 0 Å². The van der Waals surface area contributed by atoms with Crippen LogP contribution in [0.25, 0.3) is 0 Å². The smallest absolute Gasteiger partial charge is 0.248 e. The number of furan rings is 1. The van der Waals surface area contributed by atoms with Crippen molar-refractivity contribution in [1.82, 2.24) is 14.7 Å². The Morgan fingerprint density at radius 2 is 1.59 bits per heavy atom. The van der Waals surface area contributed by atoms with Crippen molar-refractivity contribution in [3.8, 4) is 0 Å². The molecule has 11 heteroatoms. The first kappa shape index (κ1) is 39.6. The van der Waals surface area contributed by atoms with Crippen molar-refractivity contribution < 1.29 is 33.8 Å². The van der Waals surface area contributed by atoms with Crippen molar-refractivity contribution in [2.75, 3.05) is 50.7 Å². The molecular weight excluding hydrogens is 709 g/mol. The van der Waals surface area contributed by atoms with Crippen molar-refractivity contribution in [2.24, 2.45) is 57.7 Å². The molecule has 4 heterocycles. The summed E-state index contributed by atoms with van der Waals surface area (Å²) in [6, 6.07) is 3.56. The minimum atomic E-state index is -0.280. The van der Waals surface area contributed by atoms with E-state index in [9.17, 15) is 29.4 Å². The van der Waals surface area contributed by atoms with Crippen LogP contribution in [0.15, 0.2) is 29.2 Å². The summed E-state index contributed by atoms with van der Waals surface area (Å²) in [5, 5.41) is 22.7. The normalized spacial score (nSPS) is 37.9. The molecule has 1 spiro atoms. The highest BCUT2D eigenvalue weighted by Crippen LogP contribution is 2.69. The van der Waals surface area contributed by atoms with Crippen molar-refractivity contribution in [3.05, 3.63) is 30.5 Å². The standard InChI is InChI=1S/C45H66N4O7/c1-6-31-35-22-29(50)16-18-44(35,5)34-17-19-43(4)32(11-12-33(43)41(34)42(31)55)28(3)8-13-37(52)47-24-45(25-47)26-48(27-45)38(53)14-9-30-10-15-40(56-30)49-21-20-46(23-39(49)54)36(51)7-2/h7,10,15,28-29,31-35,41-42,50,55H,2,6,8-9,11-14,16-27H2,1,3-5H3/t28-,29-,31?,32-,33+,34+,35?,41+,42-,43-,44-/m1/s1. The van der Waals surface area contributed by atoms with Crippen molar-refractivity contribution >= 4 is 29.5 Å². The maximum atomic E-state index is 13.4. The number of anilines is 1. The van der Waals surface area contributed by atoms with E-state index in [1.165, 1.54) is 36.7 Å². The summed E-state index contributed by atoms with van der Waals surface area (Å²) >= 11 is 0. The number of fused-ring (bicyclic) bond motifs is 5. The summed E-state index contributed by atoms with van der Waals surface area (Å²) in [7, 11) is 0. The quantitative estimate of drug-likeness (QED) is 0.309. The van der Waals surface area contributed by atoms with Gasteiger partial charge in [0, 0.05) is 70.0 Å². The molecule has 2 unspecified atom stereocenters. The average molecular weight is 775 g/mol. The Kier molecular flexibility index (Phi) is 10.5. The van der Waals surface area contributed by atoms with Crippen LogP contribution in [-0.4, -0.2) is 107 Å². The van der Waals surface area contributed by atoms with Crippen LogP contribution in [0.3, 0.4) is 0 Å². The monoisotopic (exact) mass is 774 g/mol. The van der Waals surface area contributed by atoms with Gasteiger partial charge in [0.15, 0.2) is 0 Å². The summed E-state index contributed by atoms with van der Waals surface area (Å²) in [6.45, 7) is 16.7. The molecule has 11 nitrogen and oxygen atoms in total. The van der Waals surface area contributed by atoms with Gasteiger partial charge in [0.05, 0.1) is 12.2 Å². The molecule has 1 aromatic heterocycles. The number of carbonyl (C=O) groups is 4. The number of amides is 4. The third-order valence-corrected chi connectivity index (χ3v) is 17.0. The van der Waals surface area contributed by atoms with E-state index in [-0.39, 0.29) is 64.5 Å². The van der Waals surface area contributed by atoms with E-state index in [0.29, 0.717) is 92.6 Å². The van der Waals surface area contributed by atoms with Crippen LogP contribution in [0.1, 0.15) is 104 Å². The van der Waals surface area contributed by atoms with E-state index in [4.69, 9.17) is 4.42 Å². The van der Waals surface area contributed by atoms with Gasteiger partial charge in [-0.3, -0.25) is 24.1 Å². The van der Waals surface area contributed by atoms with Gasteiger partial charge in [-0.15, -0.1) is 0 Å². The zero-order valence-electron chi connectivity index (χ0n) is 34.3. The molecule has 0 aromatic carbocycles. The molecule has 7 aliphatic rings. The average Bonchev–Trinajstić information content (AvgIpc) is 3.76. The molecule has 0 radical (unpaired) electrons. The van der Waals surface area contributed by atoms with Crippen LogP contribution in [0.4, 0.5) is 5.88 Å². The lowest BCUT2D eigenvalue weighted by Crippen LogP contribution is -2.73. The molecule has 11 atom stereocenters. The van der Waals surface area contributed by atoms with Gasteiger partial charge in [-0.2, -0.15) is 0 Å². The molecule has 7 fully saturated rings. The van der Waals surface area contributed by atoms with Gasteiger partial charge in [-0.05, 0) is 116 Å². The maximum absolute atomic E-state index is 13.4. The Balaban J connectivity index is 0.773. The minimum Gasteiger partial charge on any atom is -0.445 e. The molecular formula is C45H66N4O7. The molecule has 4 aliphatic carbocycles. The van der Waals surface area contributed by atoms with Crippen molar-refractivity contribution in [2.45, 2.75) is 117 Å². The predicted octanol–water partition coefficient (Wildman–Crippen LogP) is 5.29. The summed E-state index contributed by atoms with van der Waals surface area (Å²) in [5.41, 5.74) is 0.436. The predicted molar refractivity (Wildman–Crippen MR) is 212 cm³/mol. The number of rotatable bonds is 10. The van der Waals surface area contributed by atoms with E-state index in [0.717, 1.165) is 45.2 Å². The lowest BCUT2D eigenvalue weighted by Gasteiger charge is -2.64. The topological polar surface area (TPSA) is 135 Å². The number of hydrogen-bond donors (Lipinski definition) is 2. The molecule has 4 amide bonds. The highest BCUT2D eigenvalue weighted by molar-refractivity contribution is 5.98. The van der Waals surface area contributed by atoms with Gasteiger partial charge >= 0.3 is 0 Å². The van der Waals surface area contributed by atoms with Crippen molar-refractivity contribution in [1.29, 1.82) is 0 Å². The van der Waals surface area contributed by atoms with Gasteiger partial charge in [0.2, 0.25) is 29.5 Å². The van der Waals surface area contributed by atoms with Gasteiger partial charge in [0.1, 0.15) is 12.3 Å². The zero-order valence-corrected chi connectivity index (χ0v) is 34.3. The number of nitrogens with zero attached hydrogens (tertiary/aromatic N) is 4. The van der Waals surface area contributed by atoms with E-state index in [1.807, 2.05) is 15.9 Å². The van der Waals surface area contributed by atoms with Crippen LogP contribution >= 0.6 is 0 Å². The van der Waals surface area contributed by atoms with E-state index in [2.05, 4.69) is 34.3 Å². The van der Waals surface area contributed by atoms with E-state index in [1.54, 1.807) is 11.0 Å². The fraction of sp³-hybridized carbons (Fsp3) is 0.778. The Morgan fingerprint density at radius 3 is 2.27 bits per heavy atom. The third-order valence-electron chi connectivity index (χ3n) is 17.0. The Morgan fingerprint density at radius 1 is 0.911 bits per heavy atom. The number of carbonyl (C=O) groups excluding carboxylic acids is 4. The molecule has 1 aromatic rings. The maximum Gasteiger partial charge on any atom is 0.248 e. The van der Waals surface area contributed by atoms with Crippen LogP contribution in [0.2, 0.25) is 0 Å². The number of aryl methyl sites for hydroxylation is 1. The molecule has 4 saturated carbocycles. The van der Waals surface area contributed by atoms with Gasteiger partial charge in [-0.25, -0.2) is 0 Å². The third kappa shape index (κ3) is 6.64. The summed E-state index contributed by atoms with van der Waals surface area (Å²) < 4.78 is 5.92. The molecule has 8 rings (SSSR count). The highest BCUT2D eigenvalue weighted by atomic mass is 16.4. The molecule has 3 aliphatic heterocycles. The van der Waals surface area contributed by atoms with Crippen LogP contribution in [-0.2, 0) is 25.6 Å². The second-order valence-corrected chi connectivity index (χ2v) is 19.9. The molecule has 3 saturated heterocycles. The number of aliphatic hydroxyl groups is 2. The Hall–Kier alpha value is -3.18. The number of hydrogen-bond acceptors (Lipinski definition) is 7. The van der Waals surface area contributed by atoms with Gasteiger partial charge in [0.25, 0.3) is 0 Å². The zero-order chi connectivity index (χ0) is 39.7. The van der Waals surface area contributed by atoms with Gasteiger partial charge < -0.3 is 29.3 Å². The first-order valence-electron chi connectivity index (χ1n) is 21.9. The van der Waals surface area contributed by atoms with Crippen LogP contribution < -0.4 is 4.90 Å². The Labute approximate surface area is 333 Å². The first-order valence-corrected chi connectivity index (χ1v) is 21.9. The second-order valence-electron chi connectivity index (χ2n) is 19.9. The Bertz CT molecular complexity index is 1700. The van der Waals surface area contributed by atoms with E-state index < -0.39 is 0 Å². The van der Waals surface area contributed by atoms with Crippen LogP contribution in [0.5, 0.6) is 0 Å². The highest BCUT2D eigenvalue weighted by Gasteiger charge is 2.65. The number of likely N-dealkylation sites (tertiary alicyclic amines) is 2. The van der Waals surface area contributed by atoms with Crippen LogP contribution in [0, 0.1) is 57.7 Å². The minimum absolute atomic E-state index is 0.0143. The summed E-state index contributed by atoms with van der Waals surface area (Å²) in [6.07, 6.45) is 11.5. The largest absolute Gasteiger partial charge is 0.445 e. The molecule has 2 N–H and O–H groups in total.